The third-order valence-electron chi connectivity index (χ3n) is 2.24. The average molecular weight is 360 g/mol. The molecule has 0 rings (SSSR count). The van der Waals surface area contributed by atoms with Crippen molar-refractivity contribution in [3.8, 4) is 0 Å². The Bertz CT molecular complexity index is 525. The van der Waals surface area contributed by atoms with Gasteiger partial charge in [0, 0.05) is 18.2 Å². The van der Waals surface area contributed by atoms with Crippen molar-refractivity contribution in [3.05, 3.63) is 72.9 Å². The van der Waals surface area contributed by atoms with E-state index in [-0.39, 0.29) is 0 Å². The molecule has 0 aromatic rings. The van der Waals surface area contributed by atoms with Gasteiger partial charge in [-0.15, -0.1) is 0 Å². The molecule has 0 spiro atoms. The molecule has 0 saturated carbocycles. The van der Waals surface area contributed by atoms with E-state index in [0.717, 1.165) is 18.2 Å². The van der Waals surface area contributed by atoms with Crippen LogP contribution >= 0.6 is 0 Å². The van der Waals surface area contributed by atoms with Gasteiger partial charge < -0.3 is 11.4 Å². The van der Waals surface area contributed by atoms with E-state index in [9.17, 15) is 14.4 Å². The van der Waals surface area contributed by atoms with Crippen LogP contribution in [0.15, 0.2) is 72.9 Å². The molecule has 0 heterocycles. The highest BCUT2D eigenvalue weighted by molar-refractivity contribution is 6.45. The Balaban J connectivity index is 4.93. The van der Waals surface area contributed by atoms with Crippen LogP contribution in [0, 0.1) is 0 Å². The molecular formula is C18H21AlO6. The van der Waals surface area contributed by atoms with Crippen molar-refractivity contribution in [1.29, 1.82) is 0 Å². The Kier molecular flexibility index (Phi) is 13.4. The Morgan fingerprint density at radius 1 is 0.560 bits per heavy atom. The third kappa shape index (κ3) is 13.5. The molecule has 0 aromatic heterocycles. The van der Waals surface area contributed by atoms with E-state index >= 15 is 0 Å². The summed E-state index contributed by atoms with van der Waals surface area (Å²) in [6.45, 7) is 5.35. The lowest BCUT2D eigenvalue weighted by Crippen LogP contribution is -2.33. The largest absolute Gasteiger partial charge is 1.20 e. The molecule has 0 atom stereocenters. The lowest BCUT2D eigenvalue weighted by molar-refractivity contribution is -0.141. The van der Waals surface area contributed by atoms with E-state index in [2.05, 4.69) is 0 Å². The van der Waals surface area contributed by atoms with Crippen LogP contribution in [0.2, 0.25) is 0 Å². The standard InChI is InChI=1S/3C6H8O2.Al/c3*1-2-3-4-5-6(7)8;/h3*2-5H,1H3,(H,7,8);/q;;;+3/p-3/b3*3-2+,5-4+;. The SMILES string of the molecule is C/C=C/C=C/C(=O)[O][Al]([O]C(=O)/C=C/C=C/C)[O]C(=O)/C=C/C=C/C. The molecule has 0 aromatic carbocycles. The number of allylic oxidation sites excluding steroid dienone is 9. The fraction of sp³-hybridized carbons (Fsp3) is 0.167. The van der Waals surface area contributed by atoms with Crippen LogP contribution in [0.3, 0.4) is 0 Å². The number of carbonyl (C=O) groups excluding carboxylic acids is 3. The van der Waals surface area contributed by atoms with Crippen molar-refractivity contribution >= 4 is 33.1 Å². The van der Waals surface area contributed by atoms with Gasteiger partial charge >= 0.3 is 15.1 Å². The van der Waals surface area contributed by atoms with Crippen molar-refractivity contribution in [2.75, 3.05) is 0 Å². The van der Waals surface area contributed by atoms with Crippen molar-refractivity contribution in [1.82, 2.24) is 0 Å². The molecular weight excluding hydrogens is 339 g/mol. The first-order chi connectivity index (χ1) is 12.0. The van der Waals surface area contributed by atoms with Gasteiger partial charge in [-0.25, -0.2) is 0 Å². The highest BCUT2D eigenvalue weighted by atomic mass is 27.3. The van der Waals surface area contributed by atoms with Crippen LogP contribution in [0.5, 0.6) is 0 Å². The molecule has 132 valence electrons. The minimum Gasteiger partial charge on any atom is -0.547 e. The van der Waals surface area contributed by atoms with Crippen molar-refractivity contribution in [2.24, 2.45) is 0 Å². The molecule has 0 aliphatic carbocycles. The minimum absolute atomic E-state index is 0.773. The molecule has 0 bridgehead atoms. The topological polar surface area (TPSA) is 78.9 Å². The first kappa shape index (κ1) is 22.4. The molecule has 0 fully saturated rings. The van der Waals surface area contributed by atoms with Gasteiger partial charge in [-0.3, -0.25) is 14.4 Å². The molecule has 7 heteroatoms. The summed E-state index contributed by atoms with van der Waals surface area (Å²) in [5, 5.41) is 0. The summed E-state index contributed by atoms with van der Waals surface area (Å²) in [5.74, 6) is -2.32. The maximum absolute atomic E-state index is 11.7. The molecule has 25 heavy (non-hydrogen) atoms. The van der Waals surface area contributed by atoms with Crippen molar-refractivity contribution in [2.45, 2.75) is 20.8 Å². The third-order valence-corrected chi connectivity index (χ3v) is 3.52. The summed E-state index contributed by atoms with van der Waals surface area (Å²) in [6, 6.07) is 0. The molecule has 0 unspecified atom stereocenters. The lowest BCUT2D eigenvalue weighted by atomic mass is 10.4. The van der Waals surface area contributed by atoms with E-state index in [4.69, 9.17) is 11.4 Å². The van der Waals surface area contributed by atoms with E-state index in [1.165, 1.54) is 18.2 Å². The van der Waals surface area contributed by atoms with Gasteiger partial charge in [0.25, 0.3) is 17.9 Å². The summed E-state index contributed by atoms with van der Waals surface area (Å²) in [5.41, 5.74) is 0. The van der Waals surface area contributed by atoms with Gasteiger partial charge in [-0.05, 0) is 20.8 Å². The molecule has 0 aliphatic heterocycles. The van der Waals surface area contributed by atoms with Gasteiger partial charge in [0.2, 0.25) is 0 Å². The molecule has 0 saturated heterocycles. The van der Waals surface area contributed by atoms with Crippen molar-refractivity contribution < 1.29 is 25.7 Å². The number of carbonyl (C=O) groups is 3. The van der Waals surface area contributed by atoms with Crippen LogP contribution in [0.4, 0.5) is 0 Å². The normalized spacial score (nSPS) is 12.1. The molecule has 6 nitrogen and oxygen atoms in total. The zero-order chi connectivity index (χ0) is 18.9. The zero-order valence-electron chi connectivity index (χ0n) is 14.5. The van der Waals surface area contributed by atoms with Gasteiger partial charge in [0.05, 0.1) is 0 Å². The minimum atomic E-state index is -3.34. The fourth-order valence-electron chi connectivity index (χ4n) is 1.21. The maximum atomic E-state index is 11.7. The maximum Gasteiger partial charge on any atom is 1.20 e. The Hall–Kier alpha value is -2.62. The zero-order valence-corrected chi connectivity index (χ0v) is 15.6. The smallest absolute Gasteiger partial charge is 0.547 e. The van der Waals surface area contributed by atoms with Gasteiger partial charge in [0.15, 0.2) is 0 Å². The first-order valence-electron chi connectivity index (χ1n) is 7.53. The van der Waals surface area contributed by atoms with E-state index in [0.29, 0.717) is 0 Å². The Morgan fingerprint density at radius 2 is 0.840 bits per heavy atom. The number of hydrogen-bond acceptors (Lipinski definition) is 6. The van der Waals surface area contributed by atoms with Crippen molar-refractivity contribution in [3.63, 3.8) is 0 Å². The van der Waals surface area contributed by atoms with Crippen LogP contribution in [-0.2, 0) is 25.7 Å². The Labute approximate surface area is 152 Å². The monoisotopic (exact) mass is 360 g/mol. The summed E-state index contributed by atoms with van der Waals surface area (Å²) in [4.78, 5) is 35.0. The Morgan fingerprint density at radius 3 is 1.08 bits per heavy atom. The van der Waals surface area contributed by atoms with Crippen LogP contribution in [0.1, 0.15) is 20.8 Å². The summed E-state index contributed by atoms with van der Waals surface area (Å²) in [6.07, 6.45) is 17.8. The van der Waals surface area contributed by atoms with E-state index < -0.39 is 33.1 Å². The second-order valence-corrected chi connectivity index (χ2v) is 5.54. The second-order valence-electron chi connectivity index (χ2n) is 4.25. The predicted octanol–water partition coefficient (Wildman–Crippen LogP) is 3.00. The van der Waals surface area contributed by atoms with Gasteiger partial charge in [-0.2, -0.15) is 0 Å². The van der Waals surface area contributed by atoms with Gasteiger partial charge in [0.1, 0.15) is 0 Å². The summed E-state index contributed by atoms with van der Waals surface area (Å²) >= 11 is -3.34. The molecule has 0 aliphatic rings. The highest BCUT2D eigenvalue weighted by Gasteiger charge is 2.48. The van der Waals surface area contributed by atoms with Gasteiger partial charge in [-0.1, -0.05) is 54.7 Å². The predicted molar refractivity (Wildman–Crippen MR) is 95.9 cm³/mol. The molecule has 0 N–H and O–H groups in total. The molecule has 0 amide bonds. The number of hydrogen-bond donors (Lipinski definition) is 0. The second kappa shape index (κ2) is 14.9. The van der Waals surface area contributed by atoms with E-state index in [1.807, 2.05) is 0 Å². The first-order valence-corrected chi connectivity index (χ1v) is 8.94. The lowest BCUT2D eigenvalue weighted by Gasteiger charge is -2.10. The fourth-order valence-corrected chi connectivity index (χ4v) is 2.16. The summed E-state index contributed by atoms with van der Waals surface area (Å²) in [7, 11) is 0. The number of rotatable bonds is 9. The van der Waals surface area contributed by atoms with Crippen LogP contribution in [0.25, 0.3) is 0 Å². The van der Waals surface area contributed by atoms with E-state index in [1.54, 1.807) is 57.2 Å². The quantitative estimate of drug-likeness (QED) is 0.357. The molecule has 0 radical (unpaired) electrons. The highest BCUT2D eigenvalue weighted by Crippen LogP contribution is 1.99. The van der Waals surface area contributed by atoms with Crippen LogP contribution in [-0.4, -0.2) is 33.1 Å². The summed E-state index contributed by atoms with van der Waals surface area (Å²) < 4.78 is 14.8. The van der Waals surface area contributed by atoms with Crippen LogP contribution < -0.4 is 0 Å². The average Bonchev–Trinajstić information content (AvgIpc) is 2.55.